The zero-order chi connectivity index (χ0) is 26.2. The van der Waals surface area contributed by atoms with E-state index in [0.717, 1.165) is 23.1 Å². The molecule has 1 saturated heterocycles. The van der Waals surface area contributed by atoms with Gasteiger partial charge in [0.2, 0.25) is 0 Å². The number of nitrogens with zero attached hydrogens (tertiary/aromatic N) is 3. The van der Waals surface area contributed by atoms with Crippen molar-refractivity contribution in [2.75, 3.05) is 6.54 Å². The van der Waals surface area contributed by atoms with Gasteiger partial charge in [-0.1, -0.05) is 60.2 Å². The summed E-state index contributed by atoms with van der Waals surface area (Å²) in [6, 6.07) is 21.2. The molecule has 0 saturated carbocycles. The van der Waals surface area contributed by atoms with E-state index in [1.54, 1.807) is 11.0 Å². The number of amides is 1. The van der Waals surface area contributed by atoms with Gasteiger partial charge in [0, 0.05) is 12.1 Å². The Hall–Kier alpha value is -4.14. The second kappa shape index (κ2) is 9.38. The summed E-state index contributed by atoms with van der Waals surface area (Å²) < 4.78 is 42.9. The third kappa shape index (κ3) is 4.81. The number of carbonyl (C=O) groups is 1. The zero-order valence-corrected chi connectivity index (χ0v) is 20.3. The molecule has 190 valence electrons. The lowest BCUT2D eigenvalue weighted by atomic mass is 9.94. The fourth-order valence-corrected chi connectivity index (χ4v) is 4.88. The molecule has 2 heterocycles. The van der Waals surface area contributed by atoms with Gasteiger partial charge in [0.15, 0.2) is 11.6 Å². The second-order valence-corrected chi connectivity index (χ2v) is 9.32. The molecule has 0 aliphatic carbocycles. The second-order valence-electron chi connectivity index (χ2n) is 9.32. The van der Waals surface area contributed by atoms with Crippen LogP contribution >= 0.6 is 0 Å². The van der Waals surface area contributed by atoms with E-state index in [-0.39, 0.29) is 23.0 Å². The van der Waals surface area contributed by atoms with Crippen molar-refractivity contribution in [3.8, 4) is 28.3 Å². The van der Waals surface area contributed by atoms with Crippen molar-refractivity contribution < 1.29 is 22.7 Å². The van der Waals surface area contributed by atoms with Crippen LogP contribution in [0.2, 0.25) is 0 Å². The summed E-state index contributed by atoms with van der Waals surface area (Å²) in [5, 5.41) is 8.39. The molecule has 0 bridgehead atoms. The van der Waals surface area contributed by atoms with Gasteiger partial charge >= 0.3 is 6.36 Å². The molecule has 1 amide bonds. The molecular weight excluding hydrogens is 481 g/mol. The topological polar surface area (TPSA) is 71.1 Å². The Labute approximate surface area is 212 Å². The van der Waals surface area contributed by atoms with Crippen molar-refractivity contribution in [2.24, 2.45) is 0 Å². The minimum absolute atomic E-state index is 0.128. The predicted molar refractivity (Wildman–Crippen MR) is 133 cm³/mol. The van der Waals surface area contributed by atoms with Crippen LogP contribution < -0.4 is 4.74 Å². The monoisotopic (exact) mass is 506 g/mol. The van der Waals surface area contributed by atoms with Crippen molar-refractivity contribution in [1.29, 1.82) is 0 Å². The summed E-state index contributed by atoms with van der Waals surface area (Å²) in [7, 11) is 0. The average molecular weight is 507 g/mol. The largest absolute Gasteiger partial charge is 0.573 e. The molecule has 4 aromatic rings. The number of ether oxygens (including phenoxy) is 1. The van der Waals surface area contributed by atoms with Gasteiger partial charge in [0.1, 0.15) is 11.3 Å². The van der Waals surface area contributed by atoms with Crippen LogP contribution in [-0.2, 0) is 5.54 Å². The SMILES string of the molecule is Cc1ccc(C(=O)N2CCCC2(C)c2nnc(-c3ccccc3OC(F)(F)F)[nH]2)c(-c2ccccc2)c1. The number of alkyl halides is 3. The molecule has 9 heteroatoms. The lowest BCUT2D eigenvalue weighted by Crippen LogP contribution is -2.43. The highest BCUT2D eigenvalue weighted by molar-refractivity contribution is 6.01. The highest BCUT2D eigenvalue weighted by atomic mass is 19.4. The van der Waals surface area contributed by atoms with Gasteiger partial charge in [-0.15, -0.1) is 23.4 Å². The van der Waals surface area contributed by atoms with E-state index < -0.39 is 11.9 Å². The quantitative estimate of drug-likeness (QED) is 0.336. The van der Waals surface area contributed by atoms with Crippen LogP contribution in [0.1, 0.15) is 41.5 Å². The fraction of sp³-hybridized carbons (Fsp3) is 0.250. The maximum absolute atomic E-state index is 13.9. The van der Waals surface area contributed by atoms with E-state index in [1.807, 2.05) is 62.4 Å². The van der Waals surface area contributed by atoms with Gasteiger partial charge in [-0.2, -0.15) is 0 Å². The number of likely N-dealkylation sites (tertiary alicyclic amines) is 1. The number of H-pyrrole nitrogens is 1. The van der Waals surface area contributed by atoms with E-state index in [2.05, 4.69) is 19.9 Å². The van der Waals surface area contributed by atoms with Gasteiger partial charge in [0.05, 0.1) is 5.56 Å². The van der Waals surface area contributed by atoms with Crippen LogP contribution in [0.4, 0.5) is 13.2 Å². The van der Waals surface area contributed by atoms with E-state index in [0.29, 0.717) is 24.4 Å². The van der Waals surface area contributed by atoms with Gasteiger partial charge in [-0.25, -0.2) is 0 Å². The lowest BCUT2D eigenvalue weighted by Gasteiger charge is -2.33. The first-order valence-electron chi connectivity index (χ1n) is 11.9. The summed E-state index contributed by atoms with van der Waals surface area (Å²) in [4.78, 5) is 18.8. The van der Waals surface area contributed by atoms with Crippen LogP contribution in [0.25, 0.3) is 22.5 Å². The highest BCUT2D eigenvalue weighted by Gasteiger charge is 2.44. The van der Waals surface area contributed by atoms with E-state index in [1.165, 1.54) is 18.2 Å². The number of aromatic amines is 1. The number of para-hydroxylation sites is 1. The van der Waals surface area contributed by atoms with E-state index in [4.69, 9.17) is 0 Å². The summed E-state index contributed by atoms with van der Waals surface area (Å²) >= 11 is 0. The third-order valence-corrected chi connectivity index (χ3v) is 6.74. The maximum atomic E-state index is 13.9. The first-order valence-corrected chi connectivity index (χ1v) is 11.9. The van der Waals surface area contributed by atoms with Crippen molar-refractivity contribution in [3.63, 3.8) is 0 Å². The number of halogens is 3. The maximum Gasteiger partial charge on any atom is 0.573 e. The normalized spacial score (nSPS) is 17.7. The molecule has 5 rings (SSSR count). The Morgan fingerprint density at radius 3 is 2.49 bits per heavy atom. The summed E-state index contributed by atoms with van der Waals surface area (Å²) in [6.45, 7) is 4.40. The van der Waals surface area contributed by atoms with Gasteiger partial charge < -0.3 is 14.6 Å². The van der Waals surface area contributed by atoms with Crippen molar-refractivity contribution >= 4 is 5.91 Å². The number of benzene rings is 3. The standard InChI is InChI=1S/C28H25F3N4O2/c1-18-13-14-20(22(17-18)19-9-4-3-5-10-19)25(36)35-16-8-15-27(35,2)26-32-24(33-34-26)21-11-6-7-12-23(21)37-28(29,30)31/h3-7,9-14,17H,8,15-16H2,1-2H3,(H,32,33,34). The molecule has 0 radical (unpaired) electrons. The Kier molecular flexibility index (Phi) is 6.23. The molecule has 1 N–H and O–H groups in total. The third-order valence-electron chi connectivity index (χ3n) is 6.74. The highest BCUT2D eigenvalue weighted by Crippen LogP contribution is 2.40. The molecule has 1 aliphatic rings. The van der Waals surface area contributed by atoms with Crippen molar-refractivity contribution in [1.82, 2.24) is 20.1 Å². The van der Waals surface area contributed by atoms with E-state index in [9.17, 15) is 18.0 Å². The molecule has 1 fully saturated rings. The van der Waals surface area contributed by atoms with Gasteiger partial charge in [-0.05, 0) is 56.0 Å². The molecule has 1 atom stereocenters. The molecule has 6 nitrogen and oxygen atoms in total. The van der Waals surface area contributed by atoms with E-state index >= 15 is 0 Å². The van der Waals surface area contributed by atoms with Crippen LogP contribution in [0.3, 0.4) is 0 Å². The Morgan fingerprint density at radius 1 is 1.00 bits per heavy atom. The Bertz CT molecular complexity index is 1430. The number of aryl methyl sites for hydroxylation is 1. The summed E-state index contributed by atoms with van der Waals surface area (Å²) in [5.74, 6) is 0.0196. The average Bonchev–Trinajstić information content (AvgIpc) is 3.52. The van der Waals surface area contributed by atoms with Gasteiger partial charge in [-0.3, -0.25) is 4.79 Å². The van der Waals surface area contributed by atoms with Crippen LogP contribution in [-0.4, -0.2) is 38.9 Å². The first kappa shape index (κ1) is 24.5. The summed E-state index contributed by atoms with van der Waals surface area (Å²) in [5.41, 5.74) is 2.71. The predicted octanol–water partition coefficient (Wildman–Crippen LogP) is 6.50. The molecule has 1 aliphatic heterocycles. The zero-order valence-electron chi connectivity index (χ0n) is 20.3. The fourth-order valence-electron chi connectivity index (χ4n) is 4.88. The number of hydrogen-bond donors (Lipinski definition) is 1. The number of nitrogens with one attached hydrogen (secondary N) is 1. The first-order chi connectivity index (χ1) is 17.7. The van der Waals surface area contributed by atoms with Crippen molar-refractivity contribution in [2.45, 2.75) is 38.6 Å². The Balaban J connectivity index is 1.50. The molecule has 0 spiro atoms. The molecular formula is C28H25F3N4O2. The number of carbonyl (C=O) groups excluding carboxylic acids is 1. The van der Waals surface area contributed by atoms with Crippen LogP contribution in [0, 0.1) is 6.92 Å². The van der Waals surface area contributed by atoms with Crippen LogP contribution in [0.5, 0.6) is 5.75 Å². The summed E-state index contributed by atoms with van der Waals surface area (Å²) in [6.07, 6.45) is -3.47. The smallest absolute Gasteiger partial charge is 0.405 e. The molecule has 1 aromatic heterocycles. The lowest BCUT2D eigenvalue weighted by molar-refractivity contribution is -0.274. The number of aromatic nitrogens is 3. The van der Waals surface area contributed by atoms with Gasteiger partial charge in [0.25, 0.3) is 5.91 Å². The minimum Gasteiger partial charge on any atom is -0.405 e. The minimum atomic E-state index is -4.84. The van der Waals surface area contributed by atoms with Crippen LogP contribution in [0.15, 0.2) is 72.8 Å². The van der Waals surface area contributed by atoms with Crippen molar-refractivity contribution in [3.05, 3.63) is 89.7 Å². The number of rotatable bonds is 5. The number of hydrogen-bond acceptors (Lipinski definition) is 4. The molecule has 3 aromatic carbocycles. The molecule has 1 unspecified atom stereocenters. The molecule has 37 heavy (non-hydrogen) atoms. The Morgan fingerprint density at radius 2 is 1.73 bits per heavy atom.